The van der Waals surface area contributed by atoms with E-state index in [9.17, 15) is 9.59 Å². The lowest BCUT2D eigenvalue weighted by Gasteiger charge is -2.35. The van der Waals surface area contributed by atoms with Gasteiger partial charge in [0.05, 0.1) is 6.42 Å². The first kappa shape index (κ1) is 13.8. The molecule has 1 saturated heterocycles. The van der Waals surface area contributed by atoms with Gasteiger partial charge >= 0.3 is 12.0 Å². The number of likely N-dealkylation sites (tertiary alicyclic amines) is 1. The van der Waals surface area contributed by atoms with Crippen LogP contribution in [0.4, 0.5) is 4.79 Å². The minimum atomic E-state index is -0.886. The normalized spacial score (nSPS) is 22.0. The third-order valence-electron chi connectivity index (χ3n) is 3.21. The average molecular weight is 242 g/mol. The maximum atomic E-state index is 12.0. The van der Waals surface area contributed by atoms with Gasteiger partial charge in [0.15, 0.2) is 0 Å². The van der Waals surface area contributed by atoms with Crippen molar-refractivity contribution in [3.8, 4) is 0 Å². The first-order chi connectivity index (χ1) is 8.04. The minimum absolute atomic E-state index is 0.0314. The third-order valence-corrected chi connectivity index (χ3v) is 3.21. The molecule has 0 aromatic rings. The van der Waals surface area contributed by atoms with Crippen molar-refractivity contribution in [1.29, 1.82) is 0 Å². The molecule has 1 aliphatic heterocycles. The van der Waals surface area contributed by atoms with Crippen LogP contribution in [0.3, 0.4) is 0 Å². The second kappa shape index (κ2) is 6.47. The van der Waals surface area contributed by atoms with E-state index in [2.05, 4.69) is 12.2 Å². The zero-order valence-corrected chi connectivity index (χ0v) is 10.6. The topological polar surface area (TPSA) is 69.6 Å². The summed E-state index contributed by atoms with van der Waals surface area (Å²) in [6.45, 7) is 4.58. The van der Waals surface area contributed by atoms with Gasteiger partial charge in [-0.15, -0.1) is 0 Å². The number of nitrogens with zero attached hydrogens (tertiary/aromatic N) is 1. The summed E-state index contributed by atoms with van der Waals surface area (Å²) in [4.78, 5) is 24.4. The molecular weight excluding hydrogens is 220 g/mol. The molecule has 0 aromatic carbocycles. The summed E-state index contributed by atoms with van der Waals surface area (Å²) < 4.78 is 0. The lowest BCUT2D eigenvalue weighted by Crippen LogP contribution is -2.50. The predicted molar refractivity (Wildman–Crippen MR) is 64.9 cm³/mol. The van der Waals surface area contributed by atoms with Crippen LogP contribution in [0, 0.1) is 0 Å². The van der Waals surface area contributed by atoms with Crippen LogP contribution in [0.15, 0.2) is 0 Å². The number of aliphatic carboxylic acids is 1. The highest BCUT2D eigenvalue weighted by Gasteiger charge is 2.26. The standard InChI is InChI=1S/C12H22N2O3/c1-3-10-6-4-5-7-14(10)12(17)13-9(2)8-11(15)16/h9-10H,3-8H2,1-2H3,(H,13,17)(H,15,16). The van der Waals surface area contributed by atoms with Crippen molar-refractivity contribution < 1.29 is 14.7 Å². The highest BCUT2D eigenvalue weighted by molar-refractivity contribution is 5.76. The van der Waals surface area contributed by atoms with Gasteiger partial charge in [-0.3, -0.25) is 4.79 Å². The Kier molecular flexibility index (Phi) is 5.25. The van der Waals surface area contributed by atoms with Gasteiger partial charge in [-0.2, -0.15) is 0 Å². The van der Waals surface area contributed by atoms with E-state index in [-0.39, 0.29) is 18.5 Å². The molecule has 2 atom stereocenters. The Morgan fingerprint density at radius 3 is 2.76 bits per heavy atom. The Bertz CT molecular complexity index is 281. The van der Waals surface area contributed by atoms with Crippen LogP contribution < -0.4 is 5.32 Å². The van der Waals surface area contributed by atoms with E-state index < -0.39 is 5.97 Å². The Hall–Kier alpha value is -1.26. The predicted octanol–water partition coefficient (Wildman–Crippen LogP) is 1.82. The van der Waals surface area contributed by atoms with Crippen LogP contribution in [0.25, 0.3) is 0 Å². The van der Waals surface area contributed by atoms with Crippen molar-refractivity contribution in [3.63, 3.8) is 0 Å². The number of urea groups is 1. The maximum Gasteiger partial charge on any atom is 0.317 e. The highest BCUT2D eigenvalue weighted by atomic mass is 16.4. The molecule has 0 aliphatic carbocycles. The summed E-state index contributed by atoms with van der Waals surface area (Å²) >= 11 is 0. The fourth-order valence-electron chi connectivity index (χ4n) is 2.30. The second-order valence-corrected chi connectivity index (χ2v) is 4.70. The van der Waals surface area contributed by atoms with Crippen molar-refractivity contribution in [1.82, 2.24) is 10.2 Å². The van der Waals surface area contributed by atoms with Crippen molar-refractivity contribution in [3.05, 3.63) is 0 Å². The Labute approximate surface area is 102 Å². The van der Waals surface area contributed by atoms with Crippen LogP contribution >= 0.6 is 0 Å². The number of carboxylic acid groups (broad SMARTS) is 1. The smallest absolute Gasteiger partial charge is 0.317 e. The zero-order chi connectivity index (χ0) is 12.8. The molecule has 0 saturated carbocycles. The molecule has 1 rings (SSSR count). The fraction of sp³-hybridized carbons (Fsp3) is 0.833. The molecule has 98 valence electrons. The molecule has 1 aliphatic rings. The molecule has 0 radical (unpaired) electrons. The molecule has 5 heteroatoms. The van der Waals surface area contributed by atoms with Crippen molar-refractivity contribution in [2.45, 2.75) is 58.0 Å². The quantitative estimate of drug-likeness (QED) is 0.790. The number of amides is 2. The van der Waals surface area contributed by atoms with E-state index in [0.29, 0.717) is 6.04 Å². The molecule has 2 amide bonds. The molecule has 17 heavy (non-hydrogen) atoms. The molecule has 0 aromatic heterocycles. The first-order valence-corrected chi connectivity index (χ1v) is 6.33. The van der Waals surface area contributed by atoms with Crippen molar-refractivity contribution in [2.24, 2.45) is 0 Å². The van der Waals surface area contributed by atoms with Crippen LogP contribution in [0.2, 0.25) is 0 Å². The fourth-order valence-corrected chi connectivity index (χ4v) is 2.30. The number of hydrogen-bond donors (Lipinski definition) is 2. The SMILES string of the molecule is CCC1CCCCN1C(=O)NC(C)CC(=O)O. The second-order valence-electron chi connectivity index (χ2n) is 4.70. The van der Waals surface area contributed by atoms with Crippen LogP contribution in [0.1, 0.15) is 46.0 Å². The molecule has 1 heterocycles. The van der Waals surface area contributed by atoms with Crippen LogP contribution in [-0.4, -0.2) is 40.6 Å². The number of carbonyl (C=O) groups excluding carboxylic acids is 1. The summed E-state index contributed by atoms with van der Waals surface area (Å²) in [5, 5.41) is 11.4. The Morgan fingerprint density at radius 1 is 1.47 bits per heavy atom. The first-order valence-electron chi connectivity index (χ1n) is 6.33. The summed E-state index contributed by atoms with van der Waals surface area (Å²) in [7, 11) is 0. The molecule has 2 N–H and O–H groups in total. The maximum absolute atomic E-state index is 12.0. The molecule has 5 nitrogen and oxygen atoms in total. The molecule has 1 fully saturated rings. The number of nitrogens with one attached hydrogen (secondary N) is 1. The van der Waals surface area contributed by atoms with Gasteiger partial charge in [0, 0.05) is 18.6 Å². The van der Waals surface area contributed by atoms with Crippen molar-refractivity contribution in [2.75, 3.05) is 6.54 Å². The van der Waals surface area contributed by atoms with E-state index in [1.807, 2.05) is 4.90 Å². The van der Waals surface area contributed by atoms with Crippen LogP contribution in [0.5, 0.6) is 0 Å². The van der Waals surface area contributed by atoms with E-state index in [4.69, 9.17) is 5.11 Å². The summed E-state index contributed by atoms with van der Waals surface area (Å²) in [6, 6.07) is -0.134. The average Bonchev–Trinajstić information content (AvgIpc) is 2.27. The Balaban J connectivity index is 2.47. The summed E-state index contributed by atoms with van der Waals surface area (Å²) in [6.07, 6.45) is 4.19. The molecule has 0 bridgehead atoms. The number of carbonyl (C=O) groups is 2. The van der Waals surface area contributed by atoms with Gasteiger partial charge in [0.25, 0.3) is 0 Å². The van der Waals surface area contributed by atoms with Gasteiger partial charge in [-0.1, -0.05) is 6.92 Å². The monoisotopic (exact) mass is 242 g/mol. The number of rotatable bonds is 4. The lowest BCUT2D eigenvalue weighted by atomic mass is 10.0. The van der Waals surface area contributed by atoms with E-state index in [1.165, 1.54) is 6.42 Å². The van der Waals surface area contributed by atoms with E-state index >= 15 is 0 Å². The van der Waals surface area contributed by atoms with Crippen molar-refractivity contribution >= 4 is 12.0 Å². The van der Waals surface area contributed by atoms with Gasteiger partial charge in [-0.25, -0.2) is 4.79 Å². The Morgan fingerprint density at radius 2 is 2.18 bits per heavy atom. The number of hydrogen-bond acceptors (Lipinski definition) is 2. The van der Waals surface area contributed by atoms with Crippen LogP contribution in [-0.2, 0) is 4.79 Å². The summed E-state index contributed by atoms with van der Waals surface area (Å²) in [5.74, 6) is -0.886. The molecule has 2 unspecified atom stereocenters. The highest BCUT2D eigenvalue weighted by Crippen LogP contribution is 2.19. The van der Waals surface area contributed by atoms with Gasteiger partial charge < -0.3 is 15.3 Å². The number of piperidine rings is 1. The minimum Gasteiger partial charge on any atom is -0.481 e. The lowest BCUT2D eigenvalue weighted by molar-refractivity contribution is -0.137. The zero-order valence-electron chi connectivity index (χ0n) is 10.6. The molecule has 0 spiro atoms. The third kappa shape index (κ3) is 4.24. The van der Waals surface area contributed by atoms with Gasteiger partial charge in [0.1, 0.15) is 0 Å². The van der Waals surface area contributed by atoms with E-state index in [0.717, 1.165) is 25.8 Å². The summed E-state index contributed by atoms with van der Waals surface area (Å²) in [5.41, 5.74) is 0. The number of carboxylic acids is 1. The van der Waals surface area contributed by atoms with Gasteiger partial charge in [-0.05, 0) is 32.6 Å². The van der Waals surface area contributed by atoms with E-state index in [1.54, 1.807) is 6.92 Å². The molecular formula is C12H22N2O3. The largest absolute Gasteiger partial charge is 0.481 e. The van der Waals surface area contributed by atoms with Gasteiger partial charge in [0.2, 0.25) is 0 Å².